The van der Waals surface area contributed by atoms with E-state index in [0.717, 1.165) is 72.4 Å². The molecule has 0 aliphatic carbocycles. The minimum Gasteiger partial charge on any atom is -0.309 e. The molecule has 0 atom stereocenters. The van der Waals surface area contributed by atoms with E-state index in [2.05, 4.69) is 247 Å². The fourth-order valence-electron chi connectivity index (χ4n) is 10.0. The second kappa shape index (κ2) is 16.9. The lowest BCUT2D eigenvalue weighted by Crippen LogP contribution is -1.96. The van der Waals surface area contributed by atoms with E-state index < -0.39 is 0 Å². The van der Waals surface area contributed by atoms with Gasteiger partial charge in [-0.05, 0) is 75.8 Å². The van der Waals surface area contributed by atoms with Crippen LogP contribution < -0.4 is 0 Å². The first-order valence-corrected chi connectivity index (χ1v) is 23.4. The minimum atomic E-state index is 0.675. The van der Waals surface area contributed by atoms with Gasteiger partial charge in [-0.3, -0.25) is 0 Å². The van der Waals surface area contributed by atoms with E-state index in [9.17, 15) is 0 Å². The summed E-state index contributed by atoms with van der Waals surface area (Å²) in [7, 11) is 0. The predicted molar refractivity (Wildman–Crippen MR) is 287 cm³/mol. The van der Waals surface area contributed by atoms with Crippen LogP contribution in [0.1, 0.15) is 0 Å². The SMILES string of the molecule is c1ccc(-c2ccc(-c3cc(-c4ccc(-c5ccccc5)cc4)nc(-c4ccc(-c5cccc(-c6nc7ccccc7c7c6ccc6c7c7ccccc7n6-c6ccccc6)c5)cc4)n3)cc2)cc1. The lowest BCUT2D eigenvalue weighted by molar-refractivity contribution is 1.18. The van der Waals surface area contributed by atoms with Gasteiger partial charge in [-0.2, -0.15) is 0 Å². The quantitative estimate of drug-likeness (QED) is 0.143. The van der Waals surface area contributed by atoms with Crippen molar-refractivity contribution in [2.24, 2.45) is 0 Å². The lowest BCUT2D eigenvalue weighted by Gasteiger charge is -2.14. The third kappa shape index (κ3) is 7.23. The van der Waals surface area contributed by atoms with Gasteiger partial charge in [0.25, 0.3) is 0 Å². The van der Waals surface area contributed by atoms with Gasteiger partial charge in [0, 0.05) is 54.9 Å². The smallest absolute Gasteiger partial charge is 0.160 e. The Morgan fingerprint density at radius 1 is 0.261 bits per heavy atom. The highest BCUT2D eigenvalue weighted by molar-refractivity contribution is 6.29. The highest BCUT2D eigenvalue weighted by atomic mass is 15.0. The van der Waals surface area contributed by atoms with Gasteiger partial charge in [0.2, 0.25) is 0 Å². The summed E-state index contributed by atoms with van der Waals surface area (Å²) >= 11 is 0. The Morgan fingerprint density at radius 3 is 1.38 bits per heavy atom. The number of hydrogen-bond acceptors (Lipinski definition) is 3. The molecular formula is C65H42N4. The van der Waals surface area contributed by atoms with E-state index in [-0.39, 0.29) is 0 Å². The van der Waals surface area contributed by atoms with Crippen molar-refractivity contribution in [1.82, 2.24) is 19.5 Å². The summed E-state index contributed by atoms with van der Waals surface area (Å²) in [5.41, 5.74) is 18.2. The third-order valence-corrected chi connectivity index (χ3v) is 13.4. The third-order valence-electron chi connectivity index (χ3n) is 13.4. The van der Waals surface area contributed by atoms with Crippen LogP contribution in [-0.2, 0) is 0 Å². The number of aromatic nitrogens is 4. The zero-order valence-electron chi connectivity index (χ0n) is 37.5. The predicted octanol–water partition coefficient (Wildman–Crippen LogP) is 16.9. The van der Waals surface area contributed by atoms with E-state index in [1.807, 2.05) is 12.1 Å². The molecule has 69 heavy (non-hydrogen) atoms. The Kier molecular flexibility index (Phi) is 9.80. The van der Waals surface area contributed by atoms with Crippen molar-refractivity contribution in [2.75, 3.05) is 0 Å². The average Bonchev–Trinajstić information content (AvgIpc) is 3.78. The molecule has 0 bridgehead atoms. The molecule has 0 saturated carbocycles. The number of fused-ring (bicyclic) bond motifs is 7. The molecule has 3 heterocycles. The minimum absolute atomic E-state index is 0.675. The van der Waals surface area contributed by atoms with Crippen molar-refractivity contribution < 1.29 is 0 Å². The van der Waals surface area contributed by atoms with Gasteiger partial charge >= 0.3 is 0 Å². The molecule has 0 N–H and O–H groups in total. The molecule has 0 aliphatic heterocycles. The summed E-state index contributed by atoms with van der Waals surface area (Å²) in [5.74, 6) is 0.675. The number of hydrogen-bond donors (Lipinski definition) is 0. The van der Waals surface area contributed by atoms with E-state index in [1.165, 1.54) is 49.4 Å². The van der Waals surface area contributed by atoms with Crippen molar-refractivity contribution in [3.63, 3.8) is 0 Å². The topological polar surface area (TPSA) is 43.6 Å². The van der Waals surface area contributed by atoms with Crippen LogP contribution in [0.25, 0.3) is 128 Å². The fourth-order valence-corrected chi connectivity index (χ4v) is 10.0. The summed E-state index contributed by atoms with van der Waals surface area (Å²) in [4.78, 5) is 15.8. The van der Waals surface area contributed by atoms with Gasteiger partial charge < -0.3 is 4.57 Å². The van der Waals surface area contributed by atoms with Crippen LogP contribution >= 0.6 is 0 Å². The first-order valence-electron chi connectivity index (χ1n) is 23.4. The Hall–Kier alpha value is -9.25. The van der Waals surface area contributed by atoms with Crippen LogP contribution in [-0.4, -0.2) is 19.5 Å². The zero-order chi connectivity index (χ0) is 45.7. The van der Waals surface area contributed by atoms with E-state index in [4.69, 9.17) is 15.0 Å². The summed E-state index contributed by atoms with van der Waals surface area (Å²) in [5, 5.41) is 5.95. The highest BCUT2D eigenvalue weighted by Gasteiger charge is 2.20. The van der Waals surface area contributed by atoms with Gasteiger partial charge in [-0.1, -0.05) is 212 Å². The maximum Gasteiger partial charge on any atom is 0.160 e. The van der Waals surface area contributed by atoms with Crippen LogP contribution in [0.2, 0.25) is 0 Å². The number of nitrogens with zero attached hydrogens (tertiary/aromatic N) is 4. The fraction of sp³-hybridized carbons (Fsp3) is 0. The van der Waals surface area contributed by atoms with Crippen LogP contribution in [0, 0.1) is 0 Å². The first-order chi connectivity index (χ1) is 34.2. The zero-order valence-corrected chi connectivity index (χ0v) is 37.5. The van der Waals surface area contributed by atoms with Gasteiger partial charge in [-0.15, -0.1) is 0 Å². The van der Waals surface area contributed by atoms with E-state index >= 15 is 0 Å². The summed E-state index contributed by atoms with van der Waals surface area (Å²) < 4.78 is 2.39. The molecule has 13 aromatic rings. The first kappa shape index (κ1) is 40.1. The Balaban J connectivity index is 0.894. The molecule has 0 unspecified atom stereocenters. The number of benzene rings is 10. The molecule has 0 radical (unpaired) electrons. The van der Waals surface area contributed by atoms with Crippen LogP contribution in [0.5, 0.6) is 0 Å². The van der Waals surface area contributed by atoms with E-state index in [1.54, 1.807) is 0 Å². The molecular weight excluding hydrogens is 837 g/mol. The Labute approximate surface area is 400 Å². The molecule has 10 aromatic carbocycles. The molecule has 13 rings (SSSR count). The summed E-state index contributed by atoms with van der Waals surface area (Å²) in [6, 6.07) is 90.3. The van der Waals surface area contributed by atoms with Crippen LogP contribution in [0.3, 0.4) is 0 Å². The maximum atomic E-state index is 5.40. The van der Waals surface area contributed by atoms with Crippen molar-refractivity contribution in [3.8, 4) is 84.2 Å². The van der Waals surface area contributed by atoms with Gasteiger partial charge in [0.05, 0.1) is 33.6 Å². The highest BCUT2D eigenvalue weighted by Crippen LogP contribution is 2.43. The Bertz CT molecular complexity index is 3910. The van der Waals surface area contributed by atoms with Gasteiger partial charge in [0.15, 0.2) is 5.82 Å². The van der Waals surface area contributed by atoms with Crippen molar-refractivity contribution in [3.05, 3.63) is 255 Å². The van der Waals surface area contributed by atoms with Crippen molar-refractivity contribution in [2.45, 2.75) is 0 Å². The largest absolute Gasteiger partial charge is 0.309 e. The maximum absolute atomic E-state index is 5.40. The molecule has 3 aromatic heterocycles. The molecule has 0 amide bonds. The van der Waals surface area contributed by atoms with Crippen molar-refractivity contribution >= 4 is 43.5 Å². The monoisotopic (exact) mass is 878 g/mol. The standard InChI is InChI=1S/C65H42N4/c1-4-15-43(16-5-1)45-27-33-48(34-28-45)58-42-59(49-35-29-46(30-36-49)44-17-6-2-7-18-44)68-65(67-58)50-37-31-47(32-38-50)51-19-14-20-52(41-51)64-56-39-40-61-63(62(56)54-23-10-12-25-57(54)66-64)55-24-11-13-26-60(55)69(61)53-21-8-3-9-22-53/h1-42H. The van der Waals surface area contributed by atoms with Gasteiger partial charge in [-0.25, -0.2) is 15.0 Å². The van der Waals surface area contributed by atoms with Crippen molar-refractivity contribution in [1.29, 1.82) is 0 Å². The number of para-hydroxylation sites is 3. The normalized spacial score (nSPS) is 11.5. The summed E-state index contributed by atoms with van der Waals surface area (Å²) in [6.07, 6.45) is 0. The molecule has 322 valence electrons. The average molecular weight is 879 g/mol. The van der Waals surface area contributed by atoms with Gasteiger partial charge in [0.1, 0.15) is 0 Å². The van der Waals surface area contributed by atoms with Crippen LogP contribution in [0.4, 0.5) is 0 Å². The second-order valence-electron chi connectivity index (χ2n) is 17.6. The Morgan fingerprint density at radius 2 is 0.739 bits per heavy atom. The van der Waals surface area contributed by atoms with Crippen LogP contribution in [0.15, 0.2) is 255 Å². The molecule has 0 fully saturated rings. The molecule has 0 aliphatic rings. The summed E-state index contributed by atoms with van der Waals surface area (Å²) in [6.45, 7) is 0. The number of rotatable bonds is 8. The molecule has 0 saturated heterocycles. The molecule has 4 heteroatoms. The number of pyridine rings is 1. The molecule has 4 nitrogen and oxygen atoms in total. The second-order valence-corrected chi connectivity index (χ2v) is 17.6. The lowest BCUT2D eigenvalue weighted by atomic mass is 9.94. The van der Waals surface area contributed by atoms with E-state index in [0.29, 0.717) is 5.82 Å². The molecule has 0 spiro atoms.